The molecule has 39 heavy (non-hydrogen) atoms. The molecule has 0 fully saturated rings. The summed E-state index contributed by atoms with van der Waals surface area (Å²) in [6, 6.07) is 24.0. The Morgan fingerprint density at radius 3 is 1.56 bits per heavy atom. The van der Waals surface area contributed by atoms with Gasteiger partial charge in [-0.25, -0.2) is 0 Å². The standard InChI is InChI=1S/C36H31NO2/c1-35(2)12-10-21-14-26-28-16-23(20-8-6-5-7-9-20)17-29-27-15-22-11-13-36(3,4)34(39)25(22)19-31(27)37(32(28)29)30(26)18-24(21)33(35)38/h5-9,14-19H,10-13H2,1-4H3. The van der Waals surface area contributed by atoms with Crippen molar-refractivity contribution < 1.29 is 9.59 Å². The van der Waals surface area contributed by atoms with Crippen LogP contribution < -0.4 is 0 Å². The van der Waals surface area contributed by atoms with E-state index in [0.29, 0.717) is 0 Å². The second-order valence-electron chi connectivity index (χ2n) is 13.1. The largest absolute Gasteiger partial charge is 0.308 e. The van der Waals surface area contributed by atoms with Gasteiger partial charge in [0.25, 0.3) is 0 Å². The highest BCUT2D eigenvalue weighted by molar-refractivity contribution is 6.26. The van der Waals surface area contributed by atoms with Gasteiger partial charge >= 0.3 is 0 Å². The molecule has 4 aromatic carbocycles. The molecule has 0 spiro atoms. The number of hydrogen-bond donors (Lipinski definition) is 0. The van der Waals surface area contributed by atoms with Gasteiger partial charge in [0.05, 0.1) is 16.6 Å². The molecule has 2 heterocycles. The summed E-state index contributed by atoms with van der Waals surface area (Å²) >= 11 is 0. The Labute approximate surface area is 227 Å². The summed E-state index contributed by atoms with van der Waals surface area (Å²) in [5.41, 5.74) is 8.99. The fraction of sp³-hybridized carbons (Fsp3) is 0.278. The number of aromatic nitrogens is 1. The molecule has 192 valence electrons. The Hall–Kier alpha value is -3.98. The number of Topliss-reactive ketones (excluding diaryl/α,β-unsaturated/α-hetero) is 2. The second kappa shape index (κ2) is 7.35. The highest BCUT2D eigenvalue weighted by atomic mass is 16.1. The number of hydrogen-bond acceptors (Lipinski definition) is 2. The molecule has 0 bridgehead atoms. The molecule has 0 N–H and O–H groups in total. The van der Waals surface area contributed by atoms with Crippen LogP contribution in [0.15, 0.2) is 66.7 Å². The number of fused-ring (bicyclic) bond motifs is 8. The van der Waals surface area contributed by atoms with Gasteiger partial charge < -0.3 is 4.40 Å². The Morgan fingerprint density at radius 1 is 0.590 bits per heavy atom. The molecule has 2 aliphatic carbocycles. The van der Waals surface area contributed by atoms with E-state index in [1.54, 1.807) is 0 Å². The minimum atomic E-state index is -0.349. The average Bonchev–Trinajstić information content (AvgIpc) is 3.42. The zero-order valence-corrected chi connectivity index (χ0v) is 22.9. The Bertz CT molecular complexity index is 1910. The lowest BCUT2D eigenvalue weighted by Crippen LogP contribution is -2.30. The number of ketones is 2. The van der Waals surface area contributed by atoms with Crippen LogP contribution in [-0.2, 0) is 12.8 Å². The summed E-state index contributed by atoms with van der Waals surface area (Å²) in [5, 5.41) is 4.79. The topological polar surface area (TPSA) is 38.5 Å². The predicted octanol–water partition coefficient (Wildman–Crippen LogP) is 8.81. The predicted molar refractivity (Wildman–Crippen MR) is 159 cm³/mol. The number of rotatable bonds is 1. The summed E-state index contributed by atoms with van der Waals surface area (Å²) in [7, 11) is 0. The summed E-state index contributed by atoms with van der Waals surface area (Å²) in [4.78, 5) is 27.1. The van der Waals surface area contributed by atoms with E-state index in [4.69, 9.17) is 0 Å². The summed E-state index contributed by atoms with van der Waals surface area (Å²) in [6.07, 6.45) is 3.57. The Kier molecular flexibility index (Phi) is 4.33. The van der Waals surface area contributed by atoms with Gasteiger partial charge in [0.15, 0.2) is 11.6 Å². The van der Waals surface area contributed by atoms with Crippen LogP contribution in [0, 0.1) is 10.8 Å². The fourth-order valence-electron chi connectivity index (χ4n) is 7.21. The second-order valence-corrected chi connectivity index (χ2v) is 13.1. The zero-order chi connectivity index (χ0) is 26.8. The monoisotopic (exact) mass is 509 g/mol. The van der Waals surface area contributed by atoms with Crippen LogP contribution in [0.5, 0.6) is 0 Å². The van der Waals surface area contributed by atoms with Crippen molar-refractivity contribution in [2.24, 2.45) is 10.8 Å². The van der Waals surface area contributed by atoms with Crippen molar-refractivity contribution in [2.75, 3.05) is 0 Å². The number of carbonyl (C=O) groups is 2. The maximum atomic E-state index is 13.5. The van der Waals surface area contributed by atoms with Gasteiger partial charge in [-0.15, -0.1) is 0 Å². The number of benzene rings is 4. The third-order valence-electron chi connectivity index (χ3n) is 9.70. The van der Waals surface area contributed by atoms with Crippen LogP contribution in [-0.4, -0.2) is 16.0 Å². The van der Waals surface area contributed by atoms with Crippen LogP contribution in [0.4, 0.5) is 0 Å². The van der Waals surface area contributed by atoms with Crippen LogP contribution in [0.25, 0.3) is 49.2 Å². The van der Waals surface area contributed by atoms with E-state index in [1.165, 1.54) is 38.2 Å². The van der Waals surface area contributed by atoms with Gasteiger partial charge in [0.1, 0.15) is 0 Å². The van der Waals surface area contributed by atoms with E-state index in [-0.39, 0.29) is 22.4 Å². The lowest BCUT2D eigenvalue weighted by atomic mass is 9.73. The van der Waals surface area contributed by atoms with Crippen LogP contribution >= 0.6 is 0 Å². The van der Waals surface area contributed by atoms with E-state index in [9.17, 15) is 9.59 Å². The molecule has 2 aromatic heterocycles. The average molecular weight is 510 g/mol. The SMILES string of the molecule is CC1(C)CCc2cc3c4cc(-c5ccccc5)cc5c6cc7c(cc6n(c3cc2C1=O)c45)C(=O)C(C)(C)CC7. The molecule has 2 aliphatic rings. The van der Waals surface area contributed by atoms with Gasteiger partial charge in [-0.2, -0.15) is 0 Å². The van der Waals surface area contributed by atoms with E-state index in [0.717, 1.165) is 59.0 Å². The molecular formula is C36H31NO2. The minimum Gasteiger partial charge on any atom is -0.308 e. The molecule has 0 amide bonds. The maximum absolute atomic E-state index is 13.5. The van der Waals surface area contributed by atoms with Gasteiger partial charge in [0, 0.05) is 43.5 Å². The van der Waals surface area contributed by atoms with Crippen molar-refractivity contribution in [3.8, 4) is 11.1 Å². The number of nitrogens with zero attached hydrogens (tertiary/aromatic N) is 1. The van der Waals surface area contributed by atoms with Crippen molar-refractivity contribution >= 4 is 49.7 Å². The first-order valence-corrected chi connectivity index (χ1v) is 14.1. The molecule has 3 nitrogen and oxygen atoms in total. The smallest absolute Gasteiger partial charge is 0.168 e. The van der Waals surface area contributed by atoms with Crippen LogP contribution in [0.1, 0.15) is 72.4 Å². The molecule has 3 heteroatoms. The molecule has 0 saturated carbocycles. The van der Waals surface area contributed by atoms with E-state index in [1.807, 2.05) is 0 Å². The molecule has 0 unspecified atom stereocenters. The first kappa shape index (κ1) is 23.0. The quantitative estimate of drug-likeness (QED) is 0.222. The molecule has 0 saturated heterocycles. The molecule has 0 aliphatic heterocycles. The van der Waals surface area contributed by atoms with Gasteiger partial charge in [-0.3, -0.25) is 9.59 Å². The summed E-state index contributed by atoms with van der Waals surface area (Å²) in [6.45, 7) is 8.26. The zero-order valence-electron chi connectivity index (χ0n) is 22.9. The van der Waals surface area contributed by atoms with E-state index >= 15 is 0 Å². The number of aryl methyl sites for hydroxylation is 2. The first-order valence-electron chi connectivity index (χ1n) is 14.1. The Balaban J connectivity index is 1.54. The van der Waals surface area contributed by atoms with Crippen molar-refractivity contribution in [1.82, 2.24) is 4.40 Å². The lowest BCUT2D eigenvalue weighted by molar-refractivity contribution is 0.0805. The third kappa shape index (κ3) is 2.99. The van der Waals surface area contributed by atoms with E-state index < -0.39 is 0 Å². The van der Waals surface area contributed by atoms with Crippen molar-refractivity contribution in [2.45, 2.75) is 53.4 Å². The van der Waals surface area contributed by atoms with Gasteiger partial charge in [-0.1, -0.05) is 58.0 Å². The molecule has 0 atom stereocenters. The molecular weight excluding hydrogens is 478 g/mol. The maximum Gasteiger partial charge on any atom is 0.168 e. The van der Waals surface area contributed by atoms with Crippen molar-refractivity contribution in [1.29, 1.82) is 0 Å². The highest BCUT2D eigenvalue weighted by Gasteiger charge is 2.37. The molecule has 0 radical (unpaired) electrons. The van der Waals surface area contributed by atoms with Crippen molar-refractivity contribution in [3.05, 3.63) is 89.0 Å². The van der Waals surface area contributed by atoms with Crippen molar-refractivity contribution in [3.63, 3.8) is 0 Å². The lowest BCUT2D eigenvalue weighted by Gasteiger charge is -2.30. The fourth-order valence-corrected chi connectivity index (χ4v) is 7.21. The van der Waals surface area contributed by atoms with E-state index in [2.05, 4.69) is 98.8 Å². The van der Waals surface area contributed by atoms with Gasteiger partial charge in [-0.05, 0) is 84.3 Å². The number of carbonyl (C=O) groups excluding carboxylic acids is 2. The minimum absolute atomic E-state index is 0.231. The Morgan fingerprint density at radius 2 is 1.08 bits per heavy atom. The first-order chi connectivity index (χ1) is 18.6. The molecule has 8 rings (SSSR count). The summed E-state index contributed by atoms with van der Waals surface area (Å²) < 4.78 is 2.33. The third-order valence-corrected chi connectivity index (χ3v) is 9.70. The van der Waals surface area contributed by atoms with Crippen LogP contribution in [0.3, 0.4) is 0 Å². The highest BCUT2D eigenvalue weighted by Crippen LogP contribution is 2.46. The molecule has 6 aromatic rings. The summed E-state index contributed by atoms with van der Waals surface area (Å²) in [5.74, 6) is 0.462. The van der Waals surface area contributed by atoms with Crippen LogP contribution in [0.2, 0.25) is 0 Å². The normalized spacial score (nSPS) is 18.4. The van der Waals surface area contributed by atoms with Gasteiger partial charge in [0.2, 0.25) is 0 Å².